The van der Waals surface area contributed by atoms with Crippen molar-refractivity contribution in [2.75, 3.05) is 0 Å². The number of rotatable bonds is 4. The first-order chi connectivity index (χ1) is 8.99. The molecule has 1 aromatic heterocycles. The van der Waals surface area contributed by atoms with Gasteiger partial charge in [-0.25, -0.2) is 9.18 Å². The molecule has 6 heteroatoms. The molecule has 0 atom stereocenters. The van der Waals surface area contributed by atoms with Crippen molar-refractivity contribution in [3.8, 4) is 5.75 Å². The van der Waals surface area contributed by atoms with Gasteiger partial charge in [-0.15, -0.1) is 0 Å². The number of carboxylic acid groups (broad SMARTS) is 1. The predicted octanol–water partition coefficient (Wildman–Crippen LogP) is 2.71. The maximum atomic E-state index is 13.1. The summed E-state index contributed by atoms with van der Waals surface area (Å²) in [6.45, 7) is 3.55. The summed E-state index contributed by atoms with van der Waals surface area (Å²) in [5, 5.41) is 12.7. The van der Waals surface area contributed by atoms with Crippen molar-refractivity contribution in [2.45, 2.75) is 20.5 Å². The maximum absolute atomic E-state index is 13.1. The molecule has 5 nitrogen and oxygen atoms in total. The van der Waals surface area contributed by atoms with Crippen LogP contribution in [-0.4, -0.2) is 16.2 Å². The van der Waals surface area contributed by atoms with Gasteiger partial charge < -0.3 is 14.4 Å². The molecular formula is C13H12FNO4. The van der Waals surface area contributed by atoms with E-state index in [1.807, 2.05) is 0 Å². The van der Waals surface area contributed by atoms with Gasteiger partial charge in [-0.3, -0.25) is 0 Å². The van der Waals surface area contributed by atoms with Gasteiger partial charge in [-0.05, 0) is 26.0 Å². The maximum Gasteiger partial charge on any atom is 0.339 e. The molecule has 0 aliphatic carbocycles. The van der Waals surface area contributed by atoms with Crippen LogP contribution in [0.5, 0.6) is 5.75 Å². The van der Waals surface area contributed by atoms with Crippen molar-refractivity contribution in [1.29, 1.82) is 0 Å². The molecule has 0 radical (unpaired) electrons. The molecule has 0 amide bonds. The van der Waals surface area contributed by atoms with Gasteiger partial charge in [0.15, 0.2) is 0 Å². The Bertz CT molecular complexity index is 602. The van der Waals surface area contributed by atoms with Crippen molar-refractivity contribution >= 4 is 5.97 Å². The van der Waals surface area contributed by atoms with E-state index in [0.717, 1.165) is 17.7 Å². The summed E-state index contributed by atoms with van der Waals surface area (Å²) < 4.78 is 23.5. The van der Waals surface area contributed by atoms with Gasteiger partial charge >= 0.3 is 5.97 Å². The van der Waals surface area contributed by atoms with Gasteiger partial charge in [0.2, 0.25) is 0 Å². The second-order valence-electron chi connectivity index (χ2n) is 4.04. The third kappa shape index (κ3) is 2.73. The van der Waals surface area contributed by atoms with Gasteiger partial charge in [0.25, 0.3) is 0 Å². The molecule has 19 heavy (non-hydrogen) atoms. The molecular weight excluding hydrogens is 253 g/mol. The Balaban J connectivity index is 2.24. The Morgan fingerprint density at radius 1 is 1.47 bits per heavy atom. The van der Waals surface area contributed by atoms with E-state index < -0.39 is 11.8 Å². The zero-order valence-electron chi connectivity index (χ0n) is 10.4. The lowest BCUT2D eigenvalue weighted by Crippen LogP contribution is -2.04. The normalized spacial score (nSPS) is 10.5. The Labute approximate surface area is 108 Å². The molecule has 0 aliphatic rings. The predicted molar refractivity (Wildman–Crippen MR) is 63.7 cm³/mol. The third-order valence-corrected chi connectivity index (χ3v) is 2.73. The quantitative estimate of drug-likeness (QED) is 0.920. The molecule has 0 fully saturated rings. The summed E-state index contributed by atoms with van der Waals surface area (Å²) in [6, 6.07) is 3.29. The van der Waals surface area contributed by atoms with E-state index in [4.69, 9.17) is 14.4 Å². The highest BCUT2D eigenvalue weighted by molar-refractivity contribution is 5.90. The Morgan fingerprint density at radius 2 is 2.21 bits per heavy atom. The van der Waals surface area contributed by atoms with Gasteiger partial charge in [-0.2, -0.15) is 0 Å². The molecule has 2 rings (SSSR count). The smallest absolute Gasteiger partial charge is 0.339 e. The van der Waals surface area contributed by atoms with E-state index in [1.165, 1.54) is 6.07 Å². The minimum Gasteiger partial charge on any atom is -0.488 e. The van der Waals surface area contributed by atoms with Gasteiger partial charge in [0.1, 0.15) is 29.5 Å². The van der Waals surface area contributed by atoms with E-state index in [0.29, 0.717) is 11.5 Å². The minimum absolute atomic E-state index is 0.0208. The van der Waals surface area contributed by atoms with Crippen LogP contribution in [0.15, 0.2) is 22.7 Å². The van der Waals surface area contributed by atoms with Crippen LogP contribution in [0, 0.1) is 19.7 Å². The molecule has 1 aromatic carbocycles. The summed E-state index contributed by atoms with van der Waals surface area (Å²) in [7, 11) is 0. The van der Waals surface area contributed by atoms with Crippen LogP contribution in [0.2, 0.25) is 0 Å². The lowest BCUT2D eigenvalue weighted by atomic mass is 10.2. The number of benzene rings is 1. The van der Waals surface area contributed by atoms with Crippen LogP contribution in [0.4, 0.5) is 4.39 Å². The van der Waals surface area contributed by atoms with Crippen LogP contribution in [0.25, 0.3) is 0 Å². The SMILES string of the molecule is Cc1noc(C)c1COc1cc(F)ccc1C(=O)O. The topological polar surface area (TPSA) is 72.6 Å². The second kappa shape index (κ2) is 5.09. The number of carbonyl (C=O) groups is 1. The van der Waals surface area contributed by atoms with E-state index in [1.54, 1.807) is 13.8 Å². The number of aromatic carboxylic acids is 1. The zero-order chi connectivity index (χ0) is 14.0. The van der Waals surface area contributed by atoms with Gasteiger partial charge in [0.05, 0.1) is 11.3 Å². The van der Waals surface area contributed by atoms with E-state index in [-0.39, 0.29) is 17.9 Å². The lowest BCUT2D eigenvalue weighted by molar-refractivity contribution is 0.0691. The number of nitrogens with zero attached hydrogens (tertiary/aromatic N) is 1. The van der Waals surface area contributed by atoms with Gasteiger partial charge in [-0.1, -0.05) is 5.16 Å². The fraction of sp³-hybridized carbons (Fsp3) is 0.231. The largest absolute Gasteiger partial charge is 0.488 e. The van der Waals surface area contributed by atoms with Crippen molar-refractivity contribution in [2.24, 2.45) is 0 Å². The first kappa shape index (κ1) is 13.1. The van der Waals surface area contributed by atoms with Crippen LogP contribution in [0.3, 0.4) is 0 Å². The highest BCUT2D eigenvalue weighted by Crippen LogP contribution is 2.22. The fourth-order valence-electron chi connectivity index (χ4n) is 1.65. The lowest BCUT2D eigenvalue weighted by Gasteiger charge is -2.08. The summed E-state index contributed by atoms with van der Waals surface area (Å²) >= 11 is 0. The Kier molecular flexibility index (Phi) is 3.50. The van der Waals surface area contributed by atoms with Crippen molar-refractivity contribution in [3.05, 3.63) is 46.6 Å². The molecule has 2 aromatic rings. The third-order valence-electron chi connectivity index (χ3n) is 2.73. The number of aryl methyl sites for hydroxylation is 2. The fourth-order valence-corrected chi connectivity index (χ4v) is 1.65. The average Bonchev–Trinajstić information content (AvgIpc) is 2.66. The summed E-state index contributed by atoms with van der Waals surface area (Å²) in [5.41, 5.74) is 1.29. The second-order valence-corrected chi connectivity index (χ2v) is 4.04. The van der Waals surface area contributed by atoms with Crippen molar-refractivity contribution in [3.63, 3.8) is 0 Å². The highest BCUT2D eigenvalue weighted by Gasteiger charge is 2.15. The molecule has 100 valence electrons. The standard InChI is InChI=1S/C13H12FNO4/c1-7-11(8(2)19-15-7)6-18-12-5-9(14)3-4-10(12)13(16)17/h3-5H,6H2,1-2H3,(H,16,17). The summed E-state index contributed by atoms with van der Waals surface area (Å²) in [5.74, 6) is -1.16. The number of hydrogen-bond donors (Lipinski definition) is 1. The first-order valence-electron chi connectivity index (χ1n) is 5.56. The molecule has 0 aliphatic heterocycles. The number of halogens is 1. The van der Waals surface area contributed by atoms with Crippen LogP contribution >= 0.6 is 0 Å². The van der Waals surface area contributed by atoms with E-state index in [2.05, 4.69) is 5.16 Å². The van der Waals surface area contributed by atoms with Crippen molar-refractivity contribution in [1.82, 2.24) is 5.16 Å². The minimum atomic E-state index is -1.17. The molecule has 0 spiro atoms. The van der Waals surface area contributed by atoms with Gasteiger partial charge in [0, 0.05) is 6.07 Å². The Hall–Kier alpha value is -2.37. The highest BCUT2D eigenvalue weighted by atomic mass is 19.1. The monoisotopic (exact) mass is 265 g/mol. The molecule has 0 unspecified atom stereocenters. The summed E-state index contributed by atoms with van der Waals surface area (Å²) in [6.07, 6.45) is 0. The molecule has 0 saturated carbocycles. The number of hydrogen-bond acceptors (Lipinski definition) is 4. The number of carboxylic acids is 1. The van der Waals surface area contributed by atoms with Crippen LogP contribution < -0.4 is 4.74 Å². The molecule has 1 N–H and O–H groups in total. The van der Waals surface area contributed by atoms with E-state index in [9.17, 15) is 9.18 Å². The number of aromatic nitrogens is 1. The van der Waals surface area contributed by atoms with E-state index >= 15 is 0 Å². The average molecular weight is 265 g/mol. The van der Waals surface area contributed by atoms with Crippen LogP contribution in [0.1, 0.15) is 27.4 Å². The summed E-state index contributed by atoms with van der Waals surface area (Å²) in [4.78, 5) is 11.0. The first-order valence-corrected chi connectivity index (χ1v) is 5.56. The Morgan fingerprint density at radius 3 is 2.79 bits per heavy atom. The molecule has 1 heterocycles. The zero-order valence-corrected chi connectivity index (χ0v) is 10.4. The molecule has 0 saturated heterocycles. The number of ether oxygens (including phenoxy) is 1. The van der Waals surface area contributed by atoms with Crippen molar-refractivity contribution < 1.29 is 23.6 Å². The van der Waals surface area contributed by atoms with Crippen LogP contribution in [-0.2, 0) is 6.61 Å². The molecule has 0 bridgehead atoms.